The van der Waals surface area contributed by atoms with Crippen molar-refractivity contribution >= 4 is 5.91 Å². The van der Waals surface area contributed by atoms with Gasteiger partial charge in [-0.3, -0.25) is 4.79 Å². The summed E-state index contributed by atoms with van der Waals surface area (Å²) < 4.78 is 34.0. The predicted molar refractivity (Wildman–Crippen MR) is 254 cm³/mol. The van der Waals surface area contributed by atoms with Crippen LogP contribution < -0.4 is 5.32 Å². The Bertz CT molecular complexity index is 1510. The molecule has 3 rings (SSSR count). The van der Waals surface area contributed by atoms with Crippen LogP contribution in [-0.2, 0) is 33.2 Å². The van der Waals surface area contributed by atoms with Gasteiger partial charge in [-0.15, -0.1) is 0 Å². The molecule has 1 amide bonds. The number of hydrogen-bond donors (Lipinski definition) is 12. The molecule has 0 aromatic heterocycles. The monoisotopic (exact) mass is 988 g/mol. The summed E-state index contributed by atoms with van der Waals surface area (Å²) in [6.07, 6.45) is 8.34. The van der Waals surface area contributed by atoms with E-state index in [4.69, 9.17) is 28.4 Å². The molecule has 17 unspecified atom stereocenters. The predicted octanol–water partition coefficient (Wildman–Crippen LogP) is 1.36. The van der Waals surface area contributed by atoms with E-state index < -0.39 is 124 Å². The first-order valence-corrected chi connectivity index (χ1v) is 25.0. The molecule has 69 heavy (non-hydrogen) atoms. The number of carbonyl (C=O) groups excluding carboxylic acids is 1. The summed E-state index contributed by atoms with van der Waals surface area (Å²) in [6.45, 7) is 1.35. The van der Waals surface area contributed by atoms with E-state index in [0.717, 1.165) is 64.2 Å². The number of aliphatic hydroxyl groups is 11. The van der Waals surface area contributed by atoms with Crippen LogP contribution in [0.15, 0.2) is 60.8 Å². The van der Waals surface area contributed by atoms with Crippen LogP contribution in [0.2, 0.25) is 0 Å². The maximum atomic E-state index is 13.2. The molecule has 3 fully saturated rings. The lowest BCUT2D eigenvalue weighted by Crippen LogP contribution is -2.66. The molecular formula is C50H85NO18. The Morgan fingerprint density at radius 3 is 1.61 bits per heavy atom. The molecule has 12 N–H and O–H groups in total. The molecule has 0 saturated carbocycles. The highest BCUT2D eigenvalue weighted by Crippen LogP contribution is 2.33. The first kappa shape index (κ1) is 60.8. The highest BCUT2D eigenvalue weighted by atomic mass is 16.8. The molecule has 0 bridgehead atoms. The van der Waals surface area contributed by atoms with Gasteiger partial charge in [0.05, 0.1) is 38.6 Å². The number of hydrogen-bond acceptors (Lipinski definition) is 18. The number of unbranched alkanes of at least 4 members (excludes halogenated alkanes) is 10. The van der Waals surface area contributed by atoms with Crippen molar-refractivity contribution in [2.24, 2.45) is 0 Å². The lowest BCUT2D eigenvalue weighted by Gasteiger charge is -2.48. The summed E-state index contributed by atoms with van der Waals surface area (Å²) in [5.41, 5.74) is 0. The molecular weight excluding hydrogens is 903 g/mol. The normalized spacial score (nSPS) is 33.4. The quantitative estimate of drug-likeness (QED) is 0.0326. The van der Waals surface area contributed by atoms with Gasteiger partial charge in [0.2, 0.25) is 5.91 Å². The van der Waals surface area contributed by atoms with Crippen molar-refractivity contribution in [2.45, 2.75) is 221 Å². The molecule has 0 radical (unpaired) electrons. The van der Waals surface area contributed by atoms with Crippen LogP contribution in [0, 0.1) is 0 Å². The van der Waals surface area contributed by atoms with Gasteiger partial charge in [0.25, 0.3) is 0 Å². The van der Waals surface area contributed by atoms with E-state index in [0.29, 0.717) is 12.8 Å². The maximum Gasteiger partial charge on any atom is 0.220 e. The van der Waals surface area contributed by atoms with Gasteiger partial charge in [0.15, 0.2) is 18.9 Å². The zero-order chi connectivity index (χ0) is 50.6. The van der Waals surface area contributed by atoms with E-state index in [1.165, 1.54) is 19.3 Å². The van der Waals surface area contributed by atoms with Gasteiger partial charge in [0, 0.05) is 6.42 Å². The van der Waals surface area contributed by atoms with Gasteiger partial charge in [-0.2, -0.15) is 0 Å². The Morgan fingerprint density at radius 1 is 0.551 bits per heavy atom. The fourth-order valence-corrected chi connectivity index (χ4v) is 8.14. The minimum Gasteiger partial charge on any atom is -0.394 e. The molecule has 0 aromatic rings. The maximum absolute atomic E-state index is 13.2. The van der Waals surface area contributed by atoms with E-state index in [2.05, 4.69) is 54.8 Å². The van der Waals surface area contributed by atoms with Crippen molar-refractivity contribution in [3.05, 3.63) is 60.8 Å². The molecule has 0 aliphatic carbocycles. The molecule has 398 valence electrons. The third-order valence-corrected chi connectivity index (χ3v) is 12.4. The first-order valence-electron chi connectivity index (χ1n) is 25.0. The zero-order valence-corrected chi connectivity index (χ0v) is 40.5. The summed E-state index contributed by atoms with van der Waals surface area (Å²) in [5.74, 6) is -0.312. The lowest BCUT2D eigenvalue weighted by atomic mass is 9.96. The highest BCUT2D eigenvalue weighted by Gasteiger charge is 2.53. The summed E-state index contributed by atoms with van der Waals surface area (Å²) in [4.78, 5) is 13.2. The summed E-state index contributed by atoms with van der Waals surface area (Å²) in [5, 5.41) is 119. The number of nitrogens with one attached hydrogen (secondary N) is 1. The Hall–Kier alpha value is -2.51. The number of amides is 1. The van der Waals surface area contributed by atoms with Crippen molar-refractivity contribution in [1.29, 1.82) is 0 Å². The van der Waals surface area contributed by atoms with Crippen LogP contribution in [0.3, 0.4) is 0 Å². The van der Waals surface area contributed by atoms with Crippen molar-refractivity contribution in [1.82, 2.24) is 5.32 Å². The van der Waals surface area contributed by atoms with E-state index in [1.807, 2.05) is 13.0 Å². The Balaban J connectivity index is 1.57. The molecule has 17 atom stereocenters. The van der Waals surface area contributed by atoms with Gasteiger partial charge >= 0.3 is 0 Å². The van der Waals surface area contributed by atoms with Gasteiger partial charge in [-0.1, -0.05) is 99.8 Å². The van der Waals surface area contributed by atoms with Gasteiger partial charge in [0.1, 0.15) is 73.2 Å². The van der Waals surface area contributed by atoms with E-state index >= 15 is 0 Å². The van der Waals surface area contributed by atoms with Crippen LogP contribution >= 0.6 is 0 Å². The minimum absolute atomic E-state index is 0.212. The minimum atomic E-state index is -1.98. The fourth-order valence-electron chi connectivity index (χ4n) is 8.14. The third-order valence-electron chi connectivity index (χ3n) is 12.4. The van der Waals surface area contributed by atoms with Gasteiger partial charge in [-0.05, 0) is 71.1 Å². The van der Waals surface area contributed by atoms with Crippen molar-refractivity contribution in [3.63, 3.8) is 0 Å². The Kier molecular flexibility index (Phi) is 30.6. The summed E-state index contributed by atoms with van der Waals surface area (Å²) in [7, 11) is 0. The van der Waals surface area contributed by atoms with Crippen LogP contribution in [-0.4, -0.2) is 193 Å². The molecule has 3 saturated heterocycles. The first-order chi connectivity index (χ1) is 33.3. The number of rotatable bonds is 33. The largest absolute Gasteiger partial charge is 0.394 e. The molecule has 3 aliphatic heterocycles. The second-order valence-corrected chi connectivity index (χ2v) is 17.9. The summed E-state index contributed by atoms with van der Waals surface area (Å²) in [6, 6.07) is -1.00. The number of ether oxygens (including phenoxy) is 6. The van der Waals surface area contributed by atoms with Crippen LogP contribution in [0.5, 0.6) is 0 Å². The van der Waals surface area contributed by atoms with Crippen LogP contribution in [0.1, 0.15) is 117 Å². The molecule has 0 spiro atoms. The standard InChI is InChI=1S/C50H85NO18/c1-3-5-7-9-11-13-14-15-16-17-18-20-22-24-26-28-38(56)51-33(34(55)27-25-23-21-19-12-10-8-6-4-2)32-64-48-44(62)41(59)46(36(30-53)66-48)69-50-45(63)42(60)47(37(31-54)67-50)68-49-43(61)40(58)39(57)35(29-52)65-49/h4,6,11-13,15-16,19,25,27,33-37,39-50,52-55,57-63H,3,5,7-10,14,17-18,20-24,26,28-32H2,1-2H3,(H,51,56)/b6-4+,13-11-,16-15-,19-12+,27-25+. The van der Waals surface area contributed by atoms with Gasteiger partial charge < -0.3 is 89.9 Å². The average Bonchev–Trinajstić information content (AvgIpc) is 3.34. The smallest absolute Gasteiger partial charge is 0.220 e. The SMILES string of the molecule is C/C=C/CC/C=C/CC/C=C/C(O)C(COC1OC(CO)C(OC2OC(CO)C(OC3OC(CO)C(O)C(O)C3O)C(O)C2O)C(O)C1O)NC(=O)CCCCCCC/C=C\C/C=C\CCCCC. The zero-order valence-electron chi connectivity index (χ0n) is 40.5. The van der Waals surface area contributed by atoms with Gasteiger partial charge in [-0.25, -0.2) is 0 Å². The highest BCUT2D eigenvalue weighted by molar-refractivity contribution is 5.76. The van der Waals surface area contributed by atoms with Crippen LogP contribution in [0.4, 0.5) is 0 Å². The molecule has 0 aromatic carbocycles. The average molecular weight is 988 g/mol. The van der Waals surface area contributed by atoms with Crippen molar-refractivity contribution < 1.29 is 89.4 Å². The molecule has 3 heterocycles. The van der Waals surface area contributed by atoms with E-state index in [9.17, 15) is 61.0 Å². The second-order valence-electron chi connectivity index (χ2n) is 17.9. The van der Waals surface area contributed by atoms with Crippen molar-refractivity contribution in [2.75, 3.05) is 26.4 Å². The molecule has 19 nitrogen and oxygen atoms in total. The lowest BCUT2D eigenvalue weighted by molar-refractivity contribution is -0.379. The Morgan fingerprint density at radius 2 is 1.03 bits per heavy atom. The van der Waals surface area contributed by atoms with Crippen molar-refractivity contribution in [3.8, 4) is 0 Å². The number of aliphatic hydroxyl groups excluding tert-OH is 11. The van der Waals surface area contributed by atoms with E-state index in [1.54, 1.807) is 12.2 Å². The summed E-state index contributed by atoms with van der Waals surface area (Å²) >= 11 is 0. The second kappa shape index (κ2) is 34.8. The van der Waals surface area contributed by atoms with E-state index in [-0.39, 0.29) is 18.9 Å². The Labute approximate surface area is 407 Å². The number of carbonyl (C=O) groups is 1. The molecule has 3 aliphatic rings. The molecule has 19 heteroatoms. The fraction of sp³-hybridized carbons (Fsp3) is 0.780. The number of allylic oxidation sites excluding steroid dienone is 9. The third kappa shape index (κ3) is 20.9. The van der Waals surface area contributed by atoms with Crippen LogP contribution in [0.25, 0.3) is 0 Å². The topological polar surface area (TPSA) is 307 Å².